The van der Waals surface area contributed by atoms with E-state index in [1.807, 2.05) is 36.4 Å². The molecule has 7 nitrogen and oxygen atoms in total. The minimum atomic E-state index is -0.466. The quantitative estimate of drug-likeness (QED) is 0.101. The zero-order chi connectivity index (χ0) is 98.4. The molecule has 150 heavy (non-hydrogen) atoms. The summed E-state index contributed by atoms with van der Waals surface area (Å²) < 4.78 is 25.0. The standard InChI is InChI=1S/C50H37NO.C50H39NO.C43H33NO2/c1-5-13-44-37(9-1)38-10-2-6-14-45(38)50(44)46-15-7-3-11-39(46)42-29-35(23-25-47(42)50)51(34-21-19-32(20-22-34)41-28-31-17-18-33(41)27-31)36-24-26-49-43(30-36)40-12-4-8-16-48(40)52-49;1-3-11-36(12-4-1)50(37-13-5-2-6-14-37)46-17-9-7-15-41(46)42-27-25-40(32-47(42)50)51(38-23-21-34(22-24-38)44-30-33-19-20-35(44)29-33)39-26-28-49-45(31-39)43-16-8-10-18-48(43)52-49;1-3-7-40-35(5-1)37-21-15-30(25-43(37)46-40)28-11-16-32(17-12-28)44(33-18-13-29(14-19-33)38-24-27-9-10-31(38)23-27)34-20-22-42-39(26-34)36-6-2-4-8-41(36)45-42/h1-16,19-26,29-31,33,41H,17-18,27-28H2;1-18,21-28,31-33,35,44H,19-20,29-30H2;1-8,11-22,25-27,31,38H,9-10,23-24H2. The molecule has 6 bridgehead atoms. The van der Waals surface area contributed by atoms with Crippen molar-refractivity contribution < 1.29 is 17.7 Å². The van der Waals surface area contributed by atoms with Crippen molar-refractivity contribution in [3.8, 4) is 44.5 Å². The average molecular weight is 1930 g/mol. The number of hydrogen-bond donors (Lipinski definition) is 0. The van der Waals surface area contributed by atoms with Crippen LogP contribution in [0.25, 0.3) is 132 Å². The highest BCUT2D eigenvalue weighted by Crippen LogP contribution is 2.66. The number of nitrogens with zero attached hydrogens (tertiary/aromatic N) is 3. The largest absolute Gasteiger partial charge is 0.456 e. The van der Waals surface area contributed by atoms with Crippen molar-refractivity contribution in [3.05, 3.63) is 522 Å². The normalized spacial score (nSPS) is 19.6. The van der Waals surface area contributed by atoms with E-state index in [9.17, 15) is 0 Å². The van der Waals surface area contributed by atoms with E-state index in [0.717, 1.165) is 180 Å². The van der Waals surface area contributed by atoms with E-state index in [-0.39, 0.29) is 5.41 Å². The van der Waals surface area contributed by atoms with Crippen LogP contribution in [-0.2, 0) is 10.8 Å². The van der Waals surface area contributed by atoms with Gasteiger partial charge in [0.2, 0.25) is 0 Å². The summed E-state index contributed by atoms with van der Waals surface area (Å²) in [5, 5.41) is 9.14. The van der Waals surface area contributed by atoms with Gasteiger partial charge in [0, 0.05) is 94.3 Å². The Morgan fingerprint density at radius 2 is 0.460 bits per heavy atom. The van der Waals surface area contributed by atoms with Gasteiger partial charge in [-0.15, -0.1) is 0 Å². The van der Waals surface area contributed by atoms with Crippen LogP contribution in [0.5, 0.6) is 0 Å². The van der Waals surface area contributed by atoms with E-state index in [2.05, 4.69) is 439 Å². The highest BCUT2D eigenvalue weighted by atomic mass is 16.3. The first-order valence-corrected chi connectivity index (χ1v) is 54.5. The zero-order valence-corrected chi connectivity index (χ0v) is 83.5. The molecule has 720 valence electrons. The molecule has 33 rings (SSSR count). The summed E-state index contributed by atoms with van der Waals surface area (Å²) >= 11 is 0. The van der Waals surface area contributed by atoms with Gasteiger partial charge in [0.1, 0.15) is 44.7 Å². The van der Waals surface area contributed by atoms with E-state index in [1.165, 1.54) is 183 Å². The van der Waals surface area contributed by atoms with Gasteiger partial charge in [-0.1, -0.05) is 317 Å². The SMILES string of the molecule is c1ccc(C2(c3ccccc3)c3ccccc3-c3ccc(N(c4ccc(C5CC6CCC5C6)cc4)c4ccc5oc6ccccc6c5c4)cc32)cc1.c1ccc2c(c1)-c1ccccc1C21c2ccccc2-c2cc(N(c3ccc(C4CC5CCC4C5)cc3)c3ccc4oc5ccccc5c4c3)ccc21.c1ccc2c(c1)oc1cc(-c3ccc(N(c4ccc(C5CC6CCC5C6)cc4)c4ccc5oc6ccccc6c5c4)cc3)ccc12. The summed E-state index contributed by atoms with van der Waals surface area (Å²) in [5.41, 5.74) is 42.2. The first-order chi connectivity index (χ1) is 74.3. The highest BCUT2D eigenvalue weighted by molar-refractivity contribution is 6.11. The second kappa shape index (κ2) is 34.8. The van der Waals surface area contributed by atoms with E-state index in [4.69, 9.17) is 17.7 Å². The maximum Gasteiger partial charge on any atom is 0.136 e. The van der Waals surface area contributed by atoms with Crippen LogP contribution in [0.1, 0.15) is 156 Å². The van der Waals surface area contributed by atoms with Gasteiger partial charge in [0.05, 0.1) is 10.8 Å². The van der Waals surface area contributed by atoms with Gasteiger partial charge in [-0.2, -0.15) is 0 Å². The molecule has 7 heteroatoms. The monoisotopic (exact) mass is 1930 g/mol. The highest BCUT2D eigenvalue weighted by Gasteiger charge is 2.53. The lowest BCUT2D eigenvalue weighted by molar-refractivity contribution is 0.420. The number of rotatable bonds is 15. The molecular weight excluding hydrogens is 1820 g/mol. The van der Waals surface area contributed by atoms with Crippen LogP contribution in [-0.4, -0.2) is 0 Å². The molecule has 0 saturated heterocycles. The van der Waals surface area contributed by atoms with Crippen molar-refractivity contribution in [1.29, 1.82) is 0 Å². The summed E-state index contributed by atoms with van der Waals surface area (Å²) in [5.74, 6) is 7.50. The van der Waals surface area contributed by atoms with Crippen molar-refractivity contribution in [2.24, 2.45) is 35.5 Å². The molecule has 0 N–H and O–H groups in total. The predicted octanol–water partition coefficient (Wildman–Crippen LogP) is 39.2. The van der Waals surface area contributed by atoms with Crippen LogP contribution in [0.3, 0.4) is 0 Å². The molecule has 9 aliphatic carbocycles. The topological polar surface area (TPSA) is 62.3 Å². The molecule has 4 heterocycles. The molecule has 6 fully saturated rings. The Labute approximate surface area is 873 Å². The number of furan rings is 4. The molecule has 1 spiro atoms. The predicted molar refractivity (Wildman–Crippen MR) is 616 cm³/mol. The van der Waals surface area contributed by atoms with Gasteiger partial charge < -0.3 is 32.4 Å². The molecule has 24 aromatic rings. The molecule has 0 aliphatic heterocycles. The number of benzene rings is 20. The van der Waals surface area contributed by atoms with Crippen molar-refractivity contribution in [2.75, 3.05) is 14.7 Å². The fourth-order valence-corrected chi connectivity index (χ4v) is 30.0. The lowest BCUT2D eigenvalue weighted by Crippen LogP contribution is -2.28. The zero-order valence-electron chi connectivity index (χ0n) is 83.5. The van der Waals surface area contributed by atoms with E-state index < -0.39 is 5.41 Å². The molecule has 0 amide bonds. The molecule has 20 aromatic carbocycles. The van der Waals surface area contributed by atoms with Gasteiger partial charge >= 0.3 is 0 Å². The smallest absolute Gasteiger partial charge is 0.136 e. The van der Waals surface area contributed by atoms with Crippen LogP contribution in [0.4, 0.5) is 51.2 Å². The lowest BCUT2D eigenvalue weighted by Gasteiger charge is -2.35. The minimum absolute atomic E-state index is 0.348. The Hall–Kier alpha value is -17.0. The Morgan fingerprint density at radius 3 is 0.860 bits per heavy atom. The maximum atomic E-state index is 6.30. The average Bonchev–Trinajstić information content (AvgIpc) is 1.51. The third-order valence-electron chi connectivity index (χ3n) is 36.6. The molecule has 4 aromatic heterocycles. The van der Waals surface area contributed by atoms with Gasteiger partial charge in [-0.25, -0.2) is 0 Å². The molecular formula is C143H109N3O4. The van der Waals surface area contributed by atoms with Crippen LogP contribution in [0, 0.1) is 35.5 Å². The maximum absolute atomic E-state index is 6.30. The Bertz CT molecular complexity index is 9370. The molecule has 9 unspecified atom stereocenters. The lowest BCUT2D eigenvalue weighted by atomic mass is 9.67. The Morgan fingerprint density at radius 1 is 0.173 bits per heavy atom. The summed E-state index contributed by atoms with van der Waals surface area (Å²) in [7, 11) is 0. The van der Waals surface area contributed by atoms with Gasteiger partial charge in [-0.3, -0.25) is 0 Å². The summed E-state index contributed by atoms with van der Waals surface area (Å²) in [6.45, 7) is 0. The van der Waals surface area contributed by atoms with Crippen LogP contribution < -0.4 is 14.7 Å². The first kappa shape index (κ1) is 87.2. The molecule has 9 atom stereocenters. The number of hydrogen-bond acceptors (Lipinski definition) is 7. The third kappa shape index (κ3) is 13.8. The summed E-state index contributed by atoms with van der Waals surface area (Å²) in [4.78, 5) is 7.28. The van der Waals surface area contributed by atoms with E-state index in [1.54, 1.807) is 0 Å². The van der Waals surface area contributed by atoms with Crippen LogP contribution >= 0.6 is 0 Å². The van der Waals surface area contributed by atoms with E-state index >= 15 is 0 Å². The molecule has 6 saturated carbocycles. The van der Waals surface area contributed by atoms with Crippen LogP contribution in [0.2, 0.25) is 0 Å². The van der Waals surface area contributed by atoms with Crippen LogP contribution in [0.15, 0.2) is 479 Å². The molecule has 0 radical (unpaired) electrons. The summed E-state index contributed by atoms with van der Waals surface area (Å²) in [6, 6.07) is 170. The fraction of sp³-hybridized carbons (Fsp3) is 0.161. The van der Waals surface area contributed by atoms with Gasteiger partial charge in [0.25, 0.3) is 0 Å². The second-order valence-electron chi connectivity index (χ2n) is 44.2. The van der Waals surface area contributed by atoms with E-state index in [0.29, 0.717) is 11.8 Å². The van der Waals surface area contributed by atoms with Crippen molar-refractivity contribution in [1.82, 2.24) is 0 Å². The molecule has 9 aliphatic rings. The third-order valence-corrected chi connectivity index (χ3v) is 36.6. The summed E-state index contributed by atoms with van der Waals surface area (Å²) in [6.07, 6.45) is 16.8. The minimum Gasteiger partial charge on any atom is -0.456 e. The number of para-hydroxylation sites is 4. The van der Waals surface area contributed by atoms with Crippen molar-refractivity contribution in [2.45, 2.75) is 106 Å². The van der Waals surface area contributed by atoms with Crippen molar-refractivity contribution in [3.63, 3.8) is 0 Å². The number of fused-ring (bicyclic) bond motifs is 31. The second-order valence-corrected chi connectivity index (χ2v) is 44.2. The van der Waals surface area contributed by atoms with Gasteiger partial charge in [-0.05, 0) is 381 Å². The number of anilines is 9. The van der Waals surface area contributed by atoms with Gasteiger partial charge in [0.15, 0.2) is 0 Å². The van der Waals surface area contributed by atoms with Crippen molar-refractivity contribution >= 4 is 139 Å². The Kier molecular flexibility index (Phi) is 20.3. The Balaban J connectivity index is 0.000000101. The first-order valence-electron chi connectivity index (χ1n) is 54.5. The fourth-order valence-electron chi connectivity index (χ4n) is 30.0.